The zero-order valence-corrected chi connectivity index (χ0v) is 53.0. The normalized spacial score (nSPS) is 12.9. The Hall–Kier alpha value is -4.19. The third-order valence-corrected chi connectivity index (χ3v) is 14.5. The zero-order valence-electron chi connectivity index (χ0n) is 53.0. The fourth-order valence-electron chi connectivity index (χ4n) is 9.37. The highest BCUT2D eigenvalue weighted by Crippen LogP contribution is 2.16. The van der Waals surface area contributed by atoms with Crippen LogP contribution in [-0.2, 0) is 28.6 Å². The van der Waals surface area contributed by atoms with Gasteiger partial charge in [-0.1, -0.05) is 303 Å². The molecule has 1 atom stereocenters. The van der Waals surface area contributed by atoms with Crippen LogP contribution in [0.4, 0.5) is 0 Å². The van der Waals surface area contributed by atoms with Gasteiger partial charge < -0.3 is 14.2 Å². The second-order valence-electron chi connectivity index (χ2n) is 22.4. The third-order valence-electron chi connectivity index (χ3n) is 14.5. The van der Waals surface area contributed by atoms with Crippen LogP contribution in [0.5, 0.6) is 0 Å². The molecule has 0 aromatic heterocycles. The number of carbonyl (C=O) groups is 3. The summed E-state index contributed by atoms with van der Waals surface area (Å²) < 4.78 is 16.9. The van der Waals surface area contributed by atoms with Crippen molar-refractivity contribution in [3.8, 4) is 0 Å². The number of unbranched alkanes of at least 4 members (excludes halogenated alkanes) is 30. The van der Waals surface area contributed by atoms with Gasteiger partial charge in [-0.2, -0.15) is 0 Å². The highest BCUT2D eigenvalue weighted by Gasteiger charge is 2.19. The molecule has 0 aromatic rings. The van der Waals surface area contributed by atoms with Crippen molar-refractivity contribution in [2.75, 3.05) is 13.2 Å². The molecular weight excluding hydrogens is 997 g/mol. The highest BCUT2D eigenvalue weighted by atomic mass is 16.6. The minimum Gasteiger partial charge on any atom is -0.462 e. The minimum absolute atomic E-state index is 0.0824. The van der Waals surface area contributed by atoms with Gasteiger partial charge in [-0.3, -0.25) is 14.4 Å². The largest absolute Gasteiger partial charge is 0.462 e. The van der Waals surface area contributed by atoms with Gasteiger partial charge in [0.2, 0.25) is 0 Å². The summed E-state index contributed by atoms with van der Waals surface area (Å²) in [6.45, 7) is 6.48. The van der Waals surface area contributed by atoms with Crippen LogP contribution in [0.15, 0.2) is 122 Å². The van der Waals surface area contributed by atoms with Crippen LogP contribution >= 0.6 is 0 Å². The summed E-state index contributed by atoms with van der Waals surface area (Å²) in [5.41, 5.74) is 0. The second kappa shape index (κ2) is 68.3. The maximum absolute atomic E-state index is 12.9. The smallest absolute Gasteiger partial charge is 0.306 e. The molecule has 0 spiro atoms. The Bertz CT molecular complexity index is 1670. The van der Waals surface area contributed by atoms with E-state index in [0.717, 1.165) is 122 Å². The molecule has 6 nitrogen and oxygen atoms in total. The van der Waals surface area contributed by atoms with E-state index in [-0.39, 0.29) is 31.1 Å². The molecule has 0 rings (SSSR count). The average molecular weight is 1120 g/mol. The summed E-state index contributed by atoms with van der Waals surface area (Å²) in [6.07, 6.45) is 95.2. The summed E-state index contributed by atoms with van der Waals surface area (Å²) in [7, 11) is 0. The van der Waals surface area contributed by atoms with Gasteiger partial charge in [0.25, 0.3) is 0 Å². The van der Waals surface area contributed by atoms with Crippen molar-refractivity contribution in [2.45, 2.75) is 322 Å². The van der Waals surface area contributed by atoms with Crippen LogP contribution in [0.2, 0.25) is 0 Å². The van der Waals surface area contributed by atoms with E-state index < -0.39 is 6.10 Å². The maximum Gasteiger partial charge on any atom is 0.306 e. The standard InChI is InChI=1S/C75H126O6/c1-4-7-10-13-16-18-20-22-24-26-28-30-32-34-36-37-39-40-42-44-46-48-50-52-54-56-59-62-65-68-74(77)80-71-72(70-79-73(76)67-64-61-58-15-12-9-6-3)81-75(78)69-66-63-60-57-55-53-51-49-47-45-43-41-38-35-33-31-29-27-25-23-21-19-17-14-11-8-5-2/h7,10,16,18,21-24,27-30,33-36,39-40,44,46,72H,4-6,8-9,11-15,17,19-20,25-26,31-32,37-38,41-43,45,47-71H2,1-3H3/b10-7-,18-16-,23-21-,24-22-,29-27-,30-28-,35-33-,36-34-,40-39-,46-44-. The average Bonchev–Trinajstić information content (AvgIpc) is 3.47. The van der Waals surface area contributed by atoms with E-state index in [1.807, 2.05) is 0 Å². The molecule has 0 fully saturated rings. The molecule has 0 aromatic carbocycles. The molecule has 0 aliphatic rings. The fourth-order valence-corrected chi connectivity index (χ4v) is 9.37. The first-order chi connectivity index (χ1) is 40.0. The lowest BCUT2D eigenvalue weighted by Gasteiger charge is -2.18. The Kier molecular flexibility index (Phi) is 64.8. The molecule has 0 bridgehead atoms. The van der Waals surface area contributed by atoms with Crippen molar-refractivity contribution in [1.29, 1.82) is 0 Å². The number of hydrogen-bond donors (Lipinski definition) is 0. The molecule has 462 valence electrons. The fraction of sp³-hybridized carbons (Fsp3) is 0.693. The van der Waals surface area contributed by atoms with Gasteiger partial charge in [0.1, 0.15) is 13.2 Å². The number of hydrogen-bond acceptors (Lipinski definition) is 6. The van der Waals surface area contributed by atoms with Gasteiger partial charge in [0, 0.05) is 19.3 Å². The van der Waals surface area contributed by atoms with E-state index in [1.54, 1.807) is 0 Å². The quantitative estimate of drug-likeness (QED) is 0.0261. The molecule has 0 saturated carbocycles. The minimum atomic E-state index is -0.785. The second-order valence-corrected chi connectivity index (χ2v) is 22.4. The van der Waals surface area contributed by atoms with Crippen molar-refractivity contribution in [3.05, 3.63) is 122 Å². The Balaban J connectivity index is 4.16. The summed E-state index contributed by atoms with van der Waals surface area (Å²) in [6, 6.07) is 0. The Morgan fingerprint density at radius 3 is 0.753 bits per heavy atom. The lowest BCUT2D eigenvalue weighted by molar-refractivity contribution is -0.167. The van der Waals surface area contributed by atoms with Crippen molar-refractivity contribution in [3.63, 3.8) is 0 Å². The van der Waals surface area contributed by atoms with E-state index in [4.69, 9.17) is 14.2 Å². The topological polar surface area (TPSA) is 78.9 Å². The van der Waals surface area contributed by atoms with Gasteiger partial charge in [0.05, 0.1) is 0 Å². The van der Waals surface area contributed by atoms with Crippen LogP contribution in [0.3, 0.4) is 0 Å². The predicted octanol–water partition coefficient (Wildman–Crippen LogP) is 23.6. The summed E-state index contributed by atoms with van der Waals surface area (Å²) in [5.74, 6) is -0.896. The Morgan fingerprint density at radius 2 is 0.481 bits per heavy atom. The van der Waals surface area contributed by atoms with Gasteiger partial charge >= 0.3 is 17.9 Å². The first-order valence-electron chi connectivity index (χ1n) is 34.0. The molecule has 81 heavy (non-hydrogen) atoms. The number of carbonyl (C=O) groups excluding carboxylic acids is 3. The van der Waals surface area contributed by atoms with Crippen molar-refractivity contribution in [1.82, 2.24) is 0 Å². The van der Waals surface area contributed by atoms with Crippen molar-refractivity contribution >= 4 is 17.9 Å². The van der Waals surface area contributed by atoms with Crippen molar-refractivity contribution < 1.29 is 28.6 Å². The Labute approximate surface area is 501 Å². The summed E-state index contributed by atoms with van der Waals surface area (Å²) >= 11 is 0. The van der Waals surface area contributed by atoms with E-state index >= 15 is 0 Å². The number of ether oxygens (including phenoxy) is 3. The highest BCUT2D eigenvalue weighted by molar-refractivity contribution is 5.71. The number of esters is 3. The molecule has 0 aliphatic heterocycles. The van der Waals surface area contributed by atoms with Crippen LogP contribution in [0.25, 0.3) is 0 Å². The van der Waals surface area contributed by atoms with Crippen LogP contribution < -0.4 is 0 Å². The van der Waals surface area contributed by atoms with Crippen LogP contribution in [-0.4, -0.2) is 37.2 Å². The number of rotatable bonds is 61. The molecule has 0 saturated heterocycles. The Morgan fingerprint density at radius 1 is 0.259 bits per heavy atom. The van der Waals surface area contributed by atoms with Crippen molar-refractivity contribution in [2.24, 2.45) is 0 Å². The molecule has 0 aliphatic carbocycles. The SMILES string of the molecule is CC/C=C\C/C=C\C/C=C\C/C=C\C/C=C\C/C=C\C/C=C\CCCCCCCCCC(=O)OCC(COC(=O)CCCCCCCCC)OC(=O)CCCCCCCCCCCCCC/C=C\C/C=C\C/C=C\CCCCCCC. The number of allylic oxidation sites excluding steroid dienone is 20. The lowest BCUT2D eigenvalue weighted by atomic mass is 10.0. The van der Waals surface area contributed by atoms with Crippen LogP contribution in [0, 0.1) is 0 Å². The van der Waals surface area contributed by atoms with E-state index in [2.05, 4.69) is 142 Å². The first-order valence-corrected chi connectivity index (χ1v) is 34.0. The zero-order chi connectivity index (χ0) is 58.5. The van der Waals surface area contributed by atoms with E-state index in [9.17, 15) is 14.4 Å². The molecule has 0 heterocycles. The molecule has 6 heteroatoms. The monoisotopic (exact) mass is 1120 g/mol. The van der Waals surface area contributed by atoms with E-state index in [0.29, 0.717) is 19.3 Å². The molecule has 0 N–H and O–H groups in total. The summed E-state index contributed by atoms with van der Waals surface area (Å²) in [5, 5.41) is 0. The molecular formula is C75H126O6. The van der Waals surface area contributed by atoms with E-state index in [1.165, 1.54) is 154 Å². The molecule has 0 amide bonds. The van der Waals surface area contributed by atoms with Gasteiger partial charge in [-0.25, -0.2) is 0 Å². The lowest BCUT2D eigenvalue weighted by Crippen LogP contribution is -2.30. The third kappa shape index (κ3) is 66.5. The van der Waals surface area contributed by atoms with Crippen LogP contribution in [0.1, 0.15) is 316 Å². The first kappa shape index (κ1) is 76.8. The predicted molar refractivity (Wildman–Crippen MR) is 353 cm³/mol. The van der Waals surface area contributed by atoms with Gasteiger partial charge in [-0.05, 0) is 116 Å². The molecule has 1 unspecified atom stereocenters. The van der Waals surface area contributed by atoms with Gasteiger partial charge in [0.15, 0.2) is 6.10 Å². The maximum atomic E-state index is 12.9. The summed E-state index contributed by atoms with van der Waals surface area (Å²) in [4.78, 5) is 38.2. The van der Waals surface area contributed by atoms with Gasteiger partial charge in [-0.15, -0.1) is 0 Å². The molecule has 0 radical (unpaired) electrons.